The lowest BCUT2D eigenvalue weighted by atomic mass is 10.1. The lowest BCUT2D eigenvalue weighted by Gasteiger charge is -2.00. The highest BCUT2D eigenvalue weighted by Crippen LogP contribution is 2.25. The summed E-state index contributed by atoms with van der Waals surface area (Å²) in [6.07, 6.45) is 1.59. The number of aryl methyl sites for hydroxylation is 2. The molecule has 0 spiro atoms. The van der Waals surface area contributed by atoms with Gasteiger partial charge in [-0.1, -0.05) is 6.07 Å². The van der Waals surface area contributed by atoms with Crippen LogP contribution in [0.2, 0.25) is 0 Å². The zero-order valence-corrected chi connectivity index (χ0v) is 14.8. The fraction of sp³-hybridized carbons (Fsp3) is 0.222. The largest absolute Gasteiger partial charge is 0.394 e. The van der Waals surface area contributed by atoms with Crippen LogP contribution in [0, 0.1) is 22.7 Å². The minimum atomic E-state index is -0.194. The Morgan fingerprint density at radius 1 is 1.30 bits per heavy atom. The fourth-order valence-electron chi connectivity index (χ4n) is 2.97. The maximum absolute atomic E-state index is 12.1. The van der Waals surface area contributed by atoms with Gasteiger partial charge in [-0.3, -0.25) is 9.13 Å². The molecule has 3 rings (SSSR count). The molecule has 2 heterocycles. The van der Waals surface area contributed by atoms with Crippen LogP contribution in [0.3, 0.4) is 0 Å². The van der Waals surface area contributed by atoms with Gasteiger partial charge in [-0.25, -0.2) is 9.48 Å². The molecule has 0 fully saturated rings. The third kappa shape index (κ3) is 2.86. The Morgan fingerprint density at radius 2 is 2.00 bits per heavy atom. The van der Waals surface area contributed by atoms with E-state index in [4.69, 9.17) is 10.8 Å². The predicted octanol–water partition coefficient (Wildman–Crippen LogP) is 0.584. The van der Waals surface area contributed by atoms with E-state index in [1.54, 1.807) is 42.9 Å². The molecule has 0 saturated carbocycles. The second kappa shape index (κ2) is 6.83. The highest BCUT2D eigenvalue weighted by atomic mass is 16.3. The molecule has 0 aliphatic heterocycles. The molecule has 1 aromatic carbocycles. The van der Waals surface area contributed by atoms with Crippen LogP contribution in [0.25, 0.3) is 22.7 Å². The normalized spacial score (nSPS) is 11.5. The van der Waals surface area contributed by atoms with Crippen molar-refractivity contribution in [1.29, 1.82) is 10.5 Å². The van der Waals surface area contributed by atoms with Crippen LogP contribution in [0.15, 0.2) is 23.0 Å². The number of nitrogens with two attached hydrogens (primary N) is 1. The summed E-state index contributed by atoms with van der Waals surface area (Å²) in [5.74, 6) is 0.101. The number of allylic oxidation sites excluding steroid dienone is 1. The van der Waals surface area contributed by atoms with E-state index < -0.39 is 0 Å². The van der Waals surface area contributed by atoms with Crippen LogP contribution in [0.4, 0.5) is 5.82 Å². The summed E-state index contributed by atoms with van der Waals surface area (Å²) in [5, 5.41) is 32.2. The Morgan fingerprint density at radius 3 is 2.63 bits per heavy atom. The van der Waals surface area contributed by atoms with Crippen LogP contribution in [0.1, 0.15) is 16.8 Å². The molecule has 0 radical (unpaired) electrons. The lowest BCUT2D eigenvalue weighted by molar-refractivity contribution is 0.270. The molecule has 0 amide bonds. The molecule has 0 unspecified atom stereocenters. The van der Waals surface area contributed by atoms with Crippen molar-refractivity contribution >= 4 is 28.5 Å². The Hall–Kier alpha value is -3.82. The monoisotopic (exact) mass is 363 g/mol. The van der Waals surface area contributed by atoms with E-state index in [0.717, 1.165) is 11.0 Å². The molecule has 27 heavy (non-hydrogen) atoms. The molecule has 0 aliphatic carbocycles. The second-order valence-electron chi connectivity index (χ2n) is 5.99. The van der Waals surface area contributed by atoms with E-state index in [9.17, 15) is 15.3 Å². The molecule has 3 N–H and O–H groups in total. The van der Waals surface area contributed by atoms with E-state index in [1.807, 2.05) is 12.1 Å². The molecule has 0 saturated heterocycles. The number of nitrogens with zero attached hydrogens (tertiary/aromatic N) is 6. The zero-order chi connectivity index (χ0) is 19.7. The Labute approximate surface area is 154 Å². The van der Waals surface area contributed by atoms with Crippen molar-refractivity contribution < 1.29 is 5.11 Å². The van der Waals surface area contributed by atoms with Gasteiger partial charge in [0.05, 0.1) is 29.8 Å². The van der Waals surface area contributed by atoms with Crippen molar-refractivity contribution in [3.8, 4) is 12.1 Å². The summed E-state index contributed by atoms with van der Waals surface area (Å²) in [4.78, 5) is 12.1. The van der Waals surface area contributed by atoms with Crippen molar-refractivity contribution in [1.82, 2.24) is 18.9 Å². The van der Waals surface area contributed by atoms with Gasteiger partial charge in [0.15, 0.2) is 0 Å². The summed E-state index contributed by atoms with van der Waals surface area (Å²) in [7, 11) is 3.37. The van der Waals surface area contributed by atoms with Crippen molar-refractivity contribution in [3.63, 3.8) is 0 Å². The quantitative estimate of drug-likeness (QED) is 0.650. The highest BCUT2D eigenvalue weighted by Gasteiger charge is 2.19. The molecule has 0 aliphatic rings. The highest BCUT2D eigenvalue weighted by molar-refractivity contribution is 5.92. The van der Waals surface area contributed by atoms with Crippen LogP contribution >= 0.6 is 0 Å². The first-order valence-electron chi connectivity index (χ1n) is 8.07. The number of rotatable bonds is 4. The van der Waals surface area contributed by atoms with Crippen LogP contribution in [0.5, 0.6) is 0 Å². The van der Waals surface area contributed by atoms with Crippen LogP contribution in [-0.2, 0) is 20.6 Å². The first-order valence-corrected chi connectivity index (χ1v) is 8.07. The Balaban J connectivity index is 2.16. The van der Waals surface area contributed by atoms with Gasteiger partial charge in [-0.05, 0) is 23.8 Å². The summed E-state index contributed by atoms with van der Waals surface area (Å²) in [6.45, 7) is -0.0716. The summed E-state index contributed by atoms with van der Waals surface area (Å²) >= 11 is 0. The molecular weight excluding hydrogens is 346 g/mol. The molecule has 2 aromatic heterocycles. The fourth-order valence-corrected chi connectivity index (χ4v) is 2.97. The van der Waals surface area contributed by atoms with Gasteiger partial charge in [-0.15, -0.1) is 0 Å². The number of benzene rings is 1. The number of aliphatic hydroxyl groups excluding tert-OH is 1. The van der Waals surface area contributed by atoms with Crippen molar-refractivity contribution in [2.75, 3.05) is 12.3 Å². The second-order valence-corrected chi connectivity index (χ2v) is 5.99. The van der Waals surface area contributed by atoms with Crippen molar-refractivity contribution in [2.24, 2.45) is 14.1 Å². The first-order chi connectivity index (χ1) is 12.9. The molecule has 3 aromatic rings. The number of nitrogen functional groups attached to an aromatic ring is 1. The number of imidazole rings is 1. The number of aliphatic hydroxyl groups is 1. The number of hydrogen-bond donors (Lipinski definition) is 2. The van der Waals surface area contributed by atoms with Gasteiger partial charge in [-0.2, -0.15) is 15.6 Å². The van der Waals surface area contributed by atoms with E-state index in [0.29, 0.717) is 5.56 Å². The zero-order valence-electron chi connectivity index (χ0n) is 14.8. The van der Waals surface area contributed by atoms with E-state index in [1.165, 1.54) is 9.25 Å². The molecule has 0 bridgehead atoms. The summed E-state index contributed by atoms with van der Waals surface area (Å²) in [5.41, 5.74) is 8.33. The van der Waals surface area contributed by atoms with Gasteiger partial charge in [0.2, 0.25) is 0 Å². The molecule has 0 atom stereocenters. The Kier molecular flexibility index (Phi) is 4.55. The van der Waals surface area contributed by atoms with E-state index in [2.05, 4.69) is 5.10 Å². The molecule has 9 heteroatoms. The maximum Gasteiger partial charge on any atom is 0.328 e. The van der Waals surface area contributed by atoms with Crippen LogP contribution < -0.4 is 11.4 Å². The molecule has 9 nitrogen and oxygen atoms in total. The summed E-state index contributed by atoms with van der Waals surface area (Å²) < 4.78 is 4.36. The number of hydrogen-bond acceptors (Lipinski definition) is 6. The molecule has 136 valence electrons. The van der Waals surface area contributed by atoms with Gasteiger partial charge >= 0.3 is 5.69 Å². The van der Waals surface area contributed by atoms with Gasteiger partial charge < -0.3 is 10.8 Å². The van der Waals surface area contributed by atoms with Gasteiger partial charge in [0, 0.05) is 14.1 Å². The number of anilines is 1. The SMILES string of the molecule is Cn1c(=O)n(C)c2cc(/C=C(/C#N)c3nn(CCO)c(N)c3C#N)ccc21. The maximum atomic E-state index is 12.1. The average Bonchev–Trinajstić information content (AvgIpc) is 3.09. The van der Waals surface area contributed by atoms with Gasteiger partial charge in [0.25, 0.3) is 0 Å². The standard InChI is InChI=1S/C18H17N7O2/c1-23-14-4-3-11(8-15(14)24(2)18(23)27)7-12(9-19)16-13(10-20)17(21)25(22-16)5-6-26/h3-4,7-8,26H,5-6,21H2,1-2H3/b12-7-. The van der Waals surface area contributed by atoms with Gasteiger partial charge in [0.1, 0.15) is 29.2 Å². The topological polar surface area (TPSA) is 139 Å². The summed E-state index contributed by atoms with van der Waals surface area (Å²) in [6, 6.07) is 9.36. The minimum Gasteiger partial charge on any atom is -0.394 e. The Bertz CT molecular complexity index is 1210. The lowest BCUT2D eigenvalue weighted by Crippen LogP contribution is -2.19. The predicted molar refractivity (Wildman–Crippen MR) is 100 cm³/mol. The molecular formula is C18H17N7O2. The van der Waals surface area contributed by atoms with E-state index >= 15 is 0 Å². The van der Waals surface area contributed by atoms with Crippen molar-refractivity contribution in [3.05, 3.63) is 45.5 Å². The van der Waals surface area contributed by atoms with Crippen molar-refractivity contribution in [2.45, 2.75) is 6.54 Å². The number of fused-ring (bicyclic) bond motifs is 1. The van der Waals surface area contributed by atoms with Crippen LogP contribution in [-0.4, -0.2) is 30.6 Å². The first kappa shape index (κ1) is 18.0. The third-order valence-electron chi connectivity index (χ3n) is 4.40. The van der Waals surface area contributed by atoms with E-state index in [-0.39, 0.29) is 41.5 Å². The third-order valence-corrected chi connectivity index (χ3v) is 4.40. The number of nitriles is 2. The average molecular weight is 363 g/mol. The smallest absolute Gasteiger partial charge is 0.328 e. The minimum absolute atomic E-state index is 0.0874. The number of aromatic nitrogens is 4.